The Labute approximate surface area is 114 Å². The third-order valence-corrected chi connectivity index (χ3v) is 2.69. The van der Waals surface area contributed by atoms with Gasteiger partial charge in [0.05, 0.1) is 24.4 Å². The summed E-state index contributed by atoms with van der Waals surface area (Å²) in [5, 5.41) is 8.72. The van der Waals surface area contributed by atoms with Gasteiger partial charge >= 0.3 is 5.97 Å². The van der Waals surface area contributed by atoms with Crippen LogP contribution >= 0.6 is 0 Å². The van der Waals surface area contributed by atoms with Gasteiger partial charge in [-0.25, -0.2) is 19.2 Å². The Kier molecular flexibility index (Phi) is 3.71. The molecule has 5 nitrogen and oxygen atoms in total. The van der Waals surface area contributed by atoms with Gasteiger partial charge in [0.1, 0.15) is 5.82 Å². The third kappa shape index (κ3) is 2.47. The van der Waals surface area contributed by atoms with Crippen LogP contribution in [-0.4, -0.2) is 23.0 Å². The largest absolute Gasteiger partial charge is 0.463 e. The lowest BCUT2D eigenvalue weighted by atomic mass is 10.1. The van der Waals surface area contributed by atoms with Gasteiger partial charge in [-0.3, -0.25) is 0 Å². The minimum absolute atomic E-state index is 0.142. The molecule has 2 aromatic rings. The van der Waals surface area contributed by atoms with Crippen LogP contribution in [0.25, 0.3) is 11.3 Å². The van der Waals surface area contributed by atoms with Gasteiger partial charge in [0, 0.05) is 11.8 Å². The van der Waals surface area contributed by atoms with Crippen LogP contribution in [0.4, 0.5) is 4.39 Å². The molecule has 0 aliphatic carbocycles. The fourth-order valence-corrected chi connectivity index (χ4v) is 1.68. The smallest absolute Gasteiger partial charge is 0.376 e. The summed E-state index contributed by atoms with van der Waals surface area (Å²) in [4.78, 5) is 19.3. The molecule has 0 spiro atoms. The van der Waals surface area contributed by atoms with Gasteiger partial charge in [-0.1, -0.05) is 0 Å². The van der Waals surface area contributed by atoms with Crippen LogP contribution in [-0.2, 0) is 4.74 Å². The van der Waals surface area contributed by atoms with E-state index in [9.17, 15) is 9.18 Å². The summed E-state index contributed by atoms with van der Waals surface area (Å²) in [5.74, 6) is -1.42. The highest BCUT2D eigenvalue weighted by molar-refractivity contribution is 5.85. The van der Waals surface area contributed by atoms with Crippen molar-refractivity contribution in [1.82, 2.24) is 9.97 Å². The molecule has 0 aliphatic rings. The number of nitrogens with zero attached hydrogens (tertiary/aromatic N) is 3. The van der Waals surface area contributed by atoms with Crippen molar-refractivity contribution in [3.8, 4) is 17.3 Å². The summed E-state index contributed by atoms with van der Waals surface area (Å²) >= 11 is 0. The highest BCUT2D eigenvalue weighted by Gasteiger charge is 2.15. The SMILES string of the molecule is COC(=O)c1ncc(C)c(-c2ccc(C#N)cc2F)n1. The Morgan fingerprint density at radius 3 is 2.80 bits per heavy atom. The molecule has 100 valence electrons. The van der Waals surface area contributed by atoms with E-state index in [2.05, 4.69) is 14.7 Å². The summed E-state index contributed by atoms with van der Waals surface area (Å²) < 4.78 is 18.5. The van der Waals surface area contributed by atoms with Gasteiger partial charge in [-0.05, 0) is 30.7 Å². The second-order valence-corrected chi connectivity index (χ2v) is 4.02. The van der Waals surface area contributed by atoms with Crippen molar-refractivity contribution >= 4 is 5.97 Å². The molecule has 2 rings (SSSR count). The number of halogens is 1. The first kappa shape index (κ1) is 13.6. The highest BCUT2D eigenvalue weighted by Crippen LogP contribution is 2.24. The van der Waals surface area contributed by atoms with E-state index < -0.39 is 11.8 Å². The maximum absolute atomic E-state index is 14.0. The molecule has 20 heavy (non-hydrogen) atoms. The first-order chi connectivity index (χ1) is 9.56. The van der Waals surface area contributed by atoms with Crippen molar-refractivity contribution < 1.29 is 13.9 Å². The molecule has 0 amide bonds. The lowest BCUT2D eigenvalue weighted by Gasteiger charge is -2.07. The number of benzene rings is 1. The van der Waals surface area contributed by atoms with Crippen LogP contribution in [0, 0.1) is 24.1 Å². The van der Waals surface area contributed by atoms with E-state index in [1.54, 1.807) is 6.92 Å². The zero-order chi connectivity index (χ0) is 14.7. The van der Waals surface area contributed by atoms with Crippen molar-refractivity contribution in [2.24, 2.45) is 0 Å². The zero-order valence-corrected chi connectivity index (χ0v) is 10.8. The third-order valence-electron chi connectivity index (χ3n) is 2.69. The van der Waals surface area contributed by atoms with Gasteiger partial charge < -0.3 is 4.74 Å². The van der Waals surface area contributed by atoms with Gasteiger partial charge in [0.15, 0.2) is 0 Å². The molecule has 0 radical (unpaired) electrons. The van der Waals surface area contributed by atoms with Crippen LogP contribution < -0.4 is 0 Å². The molecule has 0 bridgehead atoms. The molecule has 0 fully saturated rings. The van der Waals surface area contributed by atoms with Gasteiger partial charge in [0.25, 0.3) is 0 Å². The lowest BCUT2D eigenvalue weighted by Crippen LogP contribution is -2.09. The number of nitriles is 1. The number of aromatic nitrogens is 2. The number of methoxy groups -OCH3 is 1. The monoisotopic (exact) mass is 271 g/mol. The van der Waals surface area contributed by atoms with Crippen molar-refractivity contribution in [2.45, 2.75) is 6.92 Å². The van der Waals surface area contributed by atoms with Crippen LogP contribution in [0.5, 0.6) is 0 Å². The molecule has 0 saturated carbocycles. The molecule has 6 heteroatoms. The number of aryl methyl sites for hydroxylation is 1. The fraction of sp³-hybridized carbons (Fsp3) is 0.143. The molecule has 0 atom stereocenters. The van der Waals surface area contributed by atoms with E-state index >= 15 is 0 Å². The van der Waals surface area contributed by atoms with Crippen molar-refractivity contribution in [1.29, 1.82) is 5.26 Å². The quantitative estimate of drug-likeness (QED) is 0.783. The van der Waals surface area contributed by atoms with Crippen LogP contribution in [0.3, 0.4) is 0 Å². The van der Waals surface area contributed by atoms with E-state index in [1.807, 2.05) is 6.07 Å². The maximum Gasteiger partial charge on any atom is 0.376 e. The number of esters is 1. The van der Waals surface area contributed by atoms with Crippen LogP contribution in [0.2, 0.25) is 0 Å². The molecule has 0 aliphatic heterocycles. The van der Waals surface area contributed by atoms with Crippen molar-refractivity contribution in [3.05, 3.63) is 47.2 Å². The Hall–Kier alpha value is -2.81. The normalized spacial score (nSPS) is 9.90. The molecule has 1 aromatic heterocycles. The van der Waals surface area contributed by atoms with E-state index in [-0.39, 0.29) is 17.0 Å². The fourth-order valence-electron chi connectivity index (χ4n) is 1.68. The number of rotatable bonds is 2. The van der Waals surface area contributed by atoms with Crippen molar-refractivity contribution in [2.75, 3.05) is 7.11 Å². The van der Waals surface area contributed by atoms with Crippen LogP contribution in [0.1, 0.15) is 21.7 Å². The van der Waals surface area contributed by atoms with E-state index in [4.69, 9.17) is 5.26 Å². The molecular weight excluding hydrogens is 261 g/mol. The summed E-state index contributed by atoms with van der Waals surface area (Å²) in [5.41, 5.74) is 1.32. The summed E-state index contributed by atoms with van der Waals surface area (Å²) in [6.45, 7) is 1.70. The first-order valence-corrected chi connectivity index (χ1v) is 5.68. The average molecular weight is 271 g/mol. The maximum atomic E-state index is 14.0. The Bertz CT molecular complexity index is 723. The lowest BCUT2D eigenvalue weighted by molar-refractivity contribution is 0.0587. The zero-order valence-electron chi connectivity index (χ0n) is 10.8. The second-order valence-electron chi connectivity index (χ2n) is 4.02. The number of hydrogen-bond donors (Lipinski definition) is 0. The Balaban J connectivity index is 2.57. The van der Waals surface area contributed by atoms with Gasteiger partial charge in [-0.2, -0.15) is 5.26 Å². The number of ether oxygens (including phenoxy) is 1. The predicted molar refractivity (Wildman–Crippen MR) is 68.2 cm³/mol. The van der Waals surface area contributed by atoms with Gasteiger partial charge in [0.2, 0.25) is 5.82 Å². The van der Waals surface area contributed by atoms with E-state index in [0.717, 1.165) is 6.07 Å². The first-order valence-electron chi connectivity index (χ1n) is 5.68. The molecule has 0 saturated heterocycles. The van der Waals surface area contributed by atoms with Crippen molar-refractivity contribution in [3.63, 3.8) is 0 Å². The molecule has 0 unspecified atom stereocenters. The molecule has 1 aromatic carbocycles. The van der Waals surface area contributed by atoms with Gasteiger partial charge in [-0.15, -0.1) is 0 Å². The Morgan fingerprint density at radius 2 is 2.20 bits per heavy atom. The molecular formula is C14H10FN3O2. The summed E-state index contributed by atoms with van der Waals surface area (Å²) in [6.07, 6.45) is 1.42. The minimum atomic E-state index is -0.694. The number of carbonyl (C=O) groups excluding carboxylic acids is 1. The second kappa shape index (κ2) is 5.45. The minimum Gasteiger partial charge on any atom is -0.463 e. The van der Waals surface area contributed by atoms with Crippen LogP contribution in [0.15, 0.2) is 24.4 Å². The molecule has 1 heterocycles. The number of hydrogen-bond acceptors (Lipinski definition) is 5. The Morgan fingerprint density at radius 1 is 1.45 bits per heavy atom. The summed E-state index contributed by atoms with van der Waals surface area (Å²) in [6, 6.07) is 5.91. The average Bonchev–Trinajstić information content (AvgIpc) is 2.47. The van der Waals surface area contributed by atoms with E-state index in [1.165, 1.54) is 25.4 Å². The van der Waals surface area contributed by atoms with E-state index in [0.29, 0.717) is 11.3 Å². The highest BCUT2D eigenvalue weighted by atomic mass is 19.1. The molecule has 0 N–H and O–H groups in total. The summed E-state index contributed by atoms with van der Waals surface area (Å²) in [7, 11) is 1.22. The number of carbonyl (C=O) groups is 1. The topological polar surface area (TPSA) is 75.9 Å². The standard InChI is InChI=1S/C14H10FN3O2/c1-8-7-17-13(14(19)20-2)18-12(8)10-4-3-9(6-16)5-11(10)15/h3-5,7H,1-2H3. The predicted octanol–water partition coefficient (Wildman–Crippen LogP) is 2.25.